The van der Waals surface area contributed by atoms with Gasteiger partial charge in [0.2, 0.25) is 5.91 Å². The molecule has 0 radical (unpaired) electrons. The van der Waals surface area contributed by atoms with Crippen LogP contribution < -0.4 is 4.90 Å². The lowest BCUT2D eigenvalue weighted by Gasteiger charge is -2.20. The van der Waals surface area contributed by atoms with Gasteiger partial charge in [0.25, 0.3) is 0 Å². The second-order valence-corrected chi connectivity index (χ2v) is 4.51. The van der Waals surface area contributed by atoms with E-state index in [1.807, 2.05) is 25.1 Å². The average molecular weight is 217 g/mol. The summed E-state index contributed by atoms with van der Waals surface area (Å²) in [6, 6.07) is 5.73. The Morgan fingerprint density at radius 1 is 1.38 bits per heavy atom. The van der Waals surface area contributed by atoms with E-state index in [2.05, 4.69) is 0 Å². The average Bonchev–Trinajstić information content (AvgIpc) is 2.43. The molecule has 1 aromatic carbocycles. The quantitative estimate of drug-likeness (QED) is 0.673. The molecule has 1 amide bonds. The smallest absolute Gasteiger partial charge is 0.244 e. The van der Waals surface area contributed by atoms with Gasteiger partial charge in [-0.15, -0.1) is 0 Å². The number of fused-ring (bicyclic) bond motifs is 1. The first-order valence-corrected chi connectivity index (χ1v) is 5.30. The lowest BCUT2D eigenvalue weighted by Crippen LogP contribution is -2.41. The van der Waals surface area contributed by atoms with E-state index in [9.17, 15) is 9.59 Å². The fraction of sp³-hybridized carbons (Fsp3) is 0.385. The van der Waals surface area contributed by atoms with Gasteiger partial charge in [0.05, 0.1) is 0 Å². The number of amides is 1. The van der Waals surface area contributed by atoms with E-state index in [1.54, 1.807) is 18.9 Å². The summed E-state index contributed by atoms with van der Waals surface area (Å²) in [6.07, 6.45) is 0. The van der Waals surface area contributed by atoms with Crippen LogP contribution in [0.5, 0.6) is 0 Å². The molecular formula is C13H15NO2. The second-order valence-electron chi connectivity index (χ2n) is 4.51. The monoisotopic (exact) mass is 217 g/mol. The molecule has 1 unspecified atom stereocenters. The highest BCUT2D eigenvalue weighted by Crippen LogP contribution is 2.43. The van der Waals surface area contributed by atoms with E-state index < -0.39 is 5.41 Å². The van der Waals surface area contributed by atoms with E-state index in [0.29, 0.717) is 0 Å². The topological polar surface area (TPSA) is 37.4 Å². The van der Waals surface area contributed by atoms with E-state index in [0.717, 1.165) is 16.8 Å². The van der Waals surface area contributed by atoms with Crippen LogP contribution in [0.25, 0.3) is 0 Å². The summed E-state index contributed by atoms with van der Waals surface area (Å²) in [7, 11) is 1.72. The molecule has 2 rings (SSSR count). The molecule has 1 aromatic rings. The maximum atomic E-state index is 12.2. The van der Waals surface area contributed by atoms with E-state index in [4.69, 9.17) is 0 Å². The SMILES string of the molecule is CC(=O)C1(C)C(=O)N(C)c2cccc(C)c21. The Labute approximate surface area is 95.1 Å². The number of ketones is 1. The number of rotatable bonds is 1. The molecule has 0 saturated heterocycles. The standard InChI is InChI=1S/C13H15NO2/c1-8-6-5-7-10-11(8)13(3,9(2)15)12(16)14(10)4/h5-7H,1-4H3. The first-order chi connectivity index (χ1) is 7.40. The third-order valence-corrected chi connectivity index (χ3v) is 3.55. The molecule has 1 aliphatic heterocycles. The van der Waals surface area contributed by atoms with Gasteiger partial charge in [-0.05, 0) is 32.4 Å². The summed E-state index contributed by atoms with van der Waals surface area (Å²) in [6.45, 7) is 5.13. The minimum Gasteiger partial charge on any atom is -0.314 e. The van der Waals surface area contributed by atoms with Crippen molar-refractivity contribution in [1.29, 1.82) is 0 Å². The van der Waals surface area contributed by atoms with E-state index in [1.165, 1.54) is 6.92 Å². The number of anilines is 1. The fourth-order valence-corrected chi connectivity index (χ4v) is 2.46. The van der Waals surface area contributed by atoms with Gasteiger partial charge in [0.1, 0.15) is 11.2 Å². The lowest BCUT2D eigenvalue weighted by atomic mass is 9.78. The van der Waals surface area contributed by atoms with Crippen LogP contribution >= 0.6 is 0 Å². The Kier molecular flexibility index (Phi) is 2.15. The maximum Gasteiger partial charge on any atom is 0.244 e. The zero-order valence-electron chi connectivity index (χ0n) is 10.00. The third kappa shape index (κ3) is 1.08. The number of hydrogen-bond donors (Lipinski definition) is 0. The zero-order valence-corrected chi connectivity index (χ0v) is 10.00. The predicted molar refractivity (Wildman–Crippen MR) is 62.6 cm³/mol. The van der Waals surface area contributed by atoms with Crippen molar-refractivity contribution < 1.29 is 9.59 Å². The maximum absolute atomic E-state index is 12.2. The number of Topliss-reactive ketones (excluding diaryl/α,β-unsaturated/α-hetero) is 1. The summed E-state index contributed by atoms with van der Waals surface area (Å²) in [4.78, 5) is 25.5. The van der Waals surface area contributed by atoms with Gasteiger partial charge in [-0.1, -0.05) is 12.1 Å². The molecule has 0 bridgehead atoms. The molecule has 1 atom stereocenters. The summed E-state index contributed by atoms with van der Waals surface area (Å²) in [5, 5.41) is 0. The van der Waals surface area contributed by atoms with Gasteiger partial charge in [0.15, 0.2) is 0 Å². The van der Waals surface area contributed by atoms with Gasteiger partial charge in [-0.3, -0.25) is 9.59 Å². The normalized spacial score (nSPS) is 23.5. The molecule has 0 aromatic heterocycles. The van der Waals surface area contributed by atoms with Crippen molar-refractivity contribution in [2.45, 2.75) is 26.2 Å². The van der Waals surface area contributed by atoms with Gasteiger partial charge in [0, 0.05) is 18.3 Å². The molecule has 84 valence electrons. The summed E-state index contributed by atoms with van der Waals surface area (Å²) < 4.78 is 0. The van der Waals surface area contributed by atoms with Crippen molar-refractivity contribution in [2.24, 2.45) is 0 Å². The summed E-state index contributed by atoms with van der Waals surface area (Å²) in [5.74, 6) is -0.235. The highest BCUT2D eigenvalue weighted by Gasteiger charge is 2.50. The molecule has 0 fully saturated rings. The summed E-state index contributed by atoms with van der Waals surface area (Å²) >= 11 is 0. The first kappa shape index (κ1) is 10.9. The van der Waals surface area contributed by atoms with Gasteiger partial charge < -0.3 is 4.90 Å². The minimum absolute atomic E-state index is 0.0996. The lowest BCUT2D eigenvalue weighted by molar-refractivity contribution is -0.132. The van der Waals surface area contributed by atoms with Gasteiger partial charge in [-0.25, -0.2) is 0 Å². The Morgan fingerprint density at radius 2 is 2.00 bits per heavy atom. The molecule has 16 heavy (non-hydrogen) atoms. The summed E-state index contributed by atoms with van der Waals surface area (Å²) in [5.41, 5.74) is 1.70. The number of carbonyl (C=O) groups excluding carboxylic acids is 2. The van der Waals surface area contributed by atoms with Crippen molar-refractivity contribution in [3.8, 4) is 0 Å². The number of hydrogen-bond acceptors (Lipinski definition) is 2. The molecular weight excluding hydrogens is 202 g/mol. The Morgan fingerprint density at radius 3 is 2.56 bits per heavy atom. The molecule has 1 aliphatic rings. The number of benzene rings is 1. The molecule has 3 heteroatoms. The van der Waals surface area contributed by atoms with Crippen LogP contribution in [-0.2, 0) is 15.0 Å². The molecule has 0 aliphatic carbocycles. The minimum atomic E-state index is -1.00. The molecule has 3 nitrogen and oxygen atoms in total. The van der Waals surface area contributed by atoms with Crippen LogP contribution in [0.4, 0.5) is 5.69 Å². The molecule has 1 heterocycles. The number of carbonyl (C=O) groups is 2. The second kappa shape index (κ2) is 3.17. The van der Waals surface area contributed by atoms with Crippen molar-refractivity contribution in [1.82, 2.24) is 0 Å². The number of likely N-dealkylation sites (N-methyl/N-ethyl adjacent to an activating group) is 1. The largest absolute Gasteiger partial charge is 0.314 e. The van der Waals surface area contributed by atoms with Crippen molar-refractivity contribution in [3.05, 3.63) is 29.3 Å². The third-order valence-electron chi connectivity index (χ3n) is 3.55. The van der Waals surface area contributed by atoms with Crippen LogP contribution in [0.15, 0.2) is 18.2 Å². The van der Waals surface area contributed by atoms with Crippen molar-refractivity contribution >= 4 is 17.4 Å². The van der Waals surface area contributed by atoms with Crippen molar-refractivity contribution in [3.63, 3.8) is 0 Å². The Balaban J connectivity index is 2.80. The first-order valence-electron chi connectivity index (χ1n) is 5.30. The Bertz CT molecular complexity index is 493. The highest BCUT2D eigenvalue weighted by atomic mass is 16.2. The predicted octanol–water partition coefficient (Wildman–Crippen LogP) is 1.82. The molecule has 0 saturated carbocycles. The molecule has 0 N–H and O–H groups in total. The van der Waals surface area contributed by atoms with Crippen LogP contribution in [0, 0.1) is 6.92 Å². The van der Waals surface area contributed by atoms with Crippen LogP contribution in [0.2, 0.25) is 0 Å². The zero-order chi connectivity index (χ0) is 12.1. The van der Waals surface area contributed by atoms with E-state index >= 15 is 0 Å². The Hall–Kier alpha value is -1.64. The van der Waals surface area contributed by atoms with Gasteiger partial charge in [-0.2, -0.15) is 0 Å². The fourth-order valence-electron chi connectivity index (χ4n) is 2.46. The van der Waals surface area contributed by atoms with Crippen molar-refractivity contribution in [2.75, 3.05) is 11.9 Å². The van der Waals surface area contributed by atoms with Gasteiger partial charge >= 0.3 is 0 Å². The van der Waals surface area contributed by atoms with E-state index in [-0.39, 0.29) is 11.7 Å². The van der Waals surface area contributed by atoms with Crippen LogP contribution in [0.3, 0.4) is 0 Å². The highest BCUT2D eigenvalue weighted by molar-refractivity contribution is 6.21. The number of aryl methyl sites for hydroxylation is 1. The van der Waals surface area contributed by atoms with Crippen LogP contribution in [0.1, 0.15) is 25.0 Å². The molecule has 0 spiro atoms. The van der Waals surface area contributed by atoms with Crippen LogP contribution in [-0.4, -0.2) is 18.7 Å². The number of nitrogens with zero attached hydrogens (tertiary/aromatic N) is 1.